The molecule has 0 radical (unpaired) electrons. The predicted molar refractivity (Wildman–Crippen MR) is 68.0 cm³/mol. The number of morpholine rings is 1. The lowest BCUT2D eigenvalue weighted by atomic mass is 10.1. The first-order valence-corrected chi connectivity index (χ1v) is 6.40. The molecule has 3 unspecified atom stereocenters. The van der Waals surface area contributed by atoms with Crippen LogP contribution >= 0.6 is 0 Å². The van der Waals surface area contributed by atoms with Crippen LogP contribution in [0.5, 0.6) is 0 Å². The van der Waals surface area contributed by atoms with Gasteiger partial charge in [-0.3, -0.25) is 0 Å². The van der Waals surface area contributed by atoms with Gasteiger partial charge < -0.3 is 24.8 Å². The third-order valence-electron chi connectivity index (χ3n) is 3.13. The predicted octanol–water partition coefficient (Wildman–Crippen LogP) is 0.295. The quantitative estimate of drug-likeness (QED) is 0.752. The highest BCUT2D eigenvalue weighted by Gasteiger charge is 2.31. The highest BCUT2D eigenvalue weighted by atomic mass is 16.5. The van der Waals surface area contributed by atoms with Gasteiger partial charge >= 0.3 is 12.0 Å². The second kappa shape index (κ2) is 7.30. The fraction of sp³-hybridized carbons (Fsp3) is 0.833. The first-order valence-electron chi connectivity index (χ1n) is 6.40. The molecule has 3 atom stereocenters. The third-order valence-corrected chi connectivity index (χ3v) is 3.13. The number of carboxylic acid groups (broad SMARTS) is 1. The first kappa shape index (κ1) is 15.7. The Morgan fingerprint density at radius 2 is 2.26 bits per heavy atom. The summed E-state index contributed by atoms with van der Waals surface area (Å²) in [6.45, 7) is 4.73. The summed E-state index contributed by atoms with van der Waals surface area (Å²) in [5.41, 5.74) is 0. The minimum Gasteiger partial charge on any atom is -0.480 e. The molecular weight excluding hydrogens is 252 g/mol. The number of carbonyl (C=O) groups is 2. The van der Waals surface area contributed by atoms with Crippen molar-refractivity contribution in [3.8, 4) is 0 Å². The van der Waals surface area contributed by atoms with Gasteiger partial charge in [-0.1, -0.05) is 6.92 Å². The molecule has 1 aliphatic rings. The summed E-state index contributed by atoms with van der Waals surface area (Å²) < 4.78 is 10.3. The van der Waals surface area contributed by atoms with E-state index in [0.29, 0.717) is 13.2 Å². The molecule has 1 aliphatic heterocycles. The van der Waals surface area contributed by atoms with E-state index >= 15 is 0 Å². The number of aliphatic carboxylic acids is 1. The van der Waals surface area contributed by atoms with Crippen LogP contribution in [0.2, 0.25) is 0 Å². The van der Waals surface area contributed by atoms with Gasteiger partial charge in [-0.2, -0.15) is 0 Å². The lowest BCUT2D eigenvalue weighted by Gasteiger charge is -2.38. The topological polar surface area (TPSA) is 88.1 Å². The molecule has 0 aromatic carbocycles. The Morgan fingerprint density at radius 3 is 2.79 bits per heavy atom. The minimum atomic E-state index is -1.11. The Kier molecular flexibility index (Phi) is 6.04. The first-order chi connectivity index (χ1) is 8.99. The number of amides is 2. The molecule has 19 heavy (non-hydrogen) atoms. The van der Waals surface area contributed by atoms with Gasteiger partial charge in [0, 0.05) is 13.7 Å². The normalized spacial score (nSPS) is 24.9. The monoisotopic (exact) mass is 274 g/mol. The van der Waals surface area contributed by atoms with E-state index in [2.05, 4.69) is 5.32 Å². The molecule has 0 saturated carbocycles. The van der Waals surface area contributed by atoms with Crippen molar-refractivity contribution in [2.75, 3.05) is 26.9 Å². The number of hydrogen-bond acceptors (Lipinski definition) is 4. The molecule has 0 spiro atoms. The van der Waals surface area contributed by atoms with Gasteiger partial charge in [-0.15, -0.1) is 0 Å². The standard InChI is InChI=1S/C12H22N2O5/c1-4-9-6-19-8(2)5-14(9)12(17)13-10(7-18-3)11(15)16/h8-10H,4-7H2,1-3H3,(H,13,17)(H,15,16). The maximum Gasteiger partial charge on any atom is 0.328 e. The number of carboxylic acids is 1. The van der Waals surface area contributed by atoms with E-state index in [1.807, 2.05) is 13.8 Å². The number of ether oxygens (including phenoxy) is 2. The van der Waals surface area contributed by atoms with Crippen LogP contribution in [0.4, 0.5) is 4.79 Å². The molecule has 1 rings (SSSR count). The number of urea groups is 1. The molecule has 2 amide bonds. The number of nitrogens with one attached hydrogen (secondary N) is 1. The molecule has 7 heteroatoms. The van der Waals surface area contributed by atoms with Crippen molar-refractivity contribution < 1.29 is 24.2 Å². The van der Waals surface area contributed by atoms with Crippen molar-refractivity contribution in [2.45, 2.75) is 38.5 Å². The van der Waals surface area contributed by atoms with Crippen LogP contribution in [0, 0.1) is 0 Å². The second-order valence-electron chi connectivity index (χ2n) is 4.65. The fourth-order valence-corrected chi connectivity index (χ4v) is 2.00. The van der Waals surface area contributed by atoms with Crippen molar-refractivity contribution in [2.24, 2.45) is 0 Å². The van der Waals surface area contributed by atoms with Gasteiger partial charge in [-0.05, 0) is 13.3 Å². The van der Waals surface area contributed by atoms with Crippen molar-refractivity contribution in [1.29, 1.82) is 0 Å². The van der Waals surface area contributed by atoms with Gasteiger partial charge in [0.15, 0.2) is 6.04 Å². The summed E-state index contributed by atoms with van der Waals surface area (Å²) >= 11 is 0. The molecule has 0 aromatic heterocycles. The average Bonchev–Trinajstić information content (AvgIpc) is 2.37. The second-order valence-corrected chi connectivity index (χ2v) is 4.65. The van der Waals surface area contributed by atoms with Crippen LogP contribution in [-0.2, 0) is 14.3 Å². The van der Waals surface area contributed by atoms with Crippen LogP contribution in [-0.4, -0.2) is 67.1 Å². The number of nitrogens with zero attached hydrogens (tertiary/aromatic N) is 1. The SMILES string of the molecule is CCC1COC(C)CN1C(=O)NC(COC)C(=O)O. The van der Waals surface area contributed by atoms with Crippen LogP contribution in [0.25, 0.3) is 0 Å². The Bertz CT molecular complexity index is 323. The van der Waals surface area contributed by atoms with E-state index in [0.717, 1.165) is 6.42 Å². The molecule has 1 fully saturated rings. The van der Waals surface area contributed by atoms with Crippen molar-refractivity contribution >= 4 is 12.0 Å². The summed E-state index contributed by atoms with van der Waals surface area (Å²) in [6.07, 6.45) is 0.724. The number of hydrogen-bond donors (Lipinski definition) is 2. The Labute approximate surface area is 112 Å². The van der Waals surface area contributed by atoms with Crippen molar-refractivity contribution in [3.63, 3.8) is 0 Å². The van der Waals surface area contributed by atoms with Crippen LogP contribution in [0.3, 0.4) is 0 Å². The summed E-state index contributed by atoms with van der Waals surface area (Å²) in [5, 5.41) is 11.5. The van der Waals surface area contributed by atoms with Crippen LogP contribution < -0.4 is 5.32 Å². The van der Waals surface area contributed by atoms with E-state index in [4.69, 9.17) is 14.6 Å². The molecule has 0 aromatic rings. The van der Waals surface area contributed by atoms with Crippen LogP contribution in [0.1, 0.15) is 20.3 Å². The zero-order valence-electron chi connectivity index (χ0n) is 11.6. The molecule has 110 valence electrons. The van der Waals surface area contributed by atoms with E-state index in [-0.39, 0.29) is 24.8 Å². The van der Waals surface area contributed by atoms with Gasteiger partial charge in [0.2, 0.25) is 0 Å². The maximum atomic E-state index is 12.1. The smallest absolute Gasteiger partial charge is 0.328 e. The van der Waals surface area contributed by atoms with Gasteiger partial charge in [0.05, 0.1) is 25.4 Å². The zero-order valence-corrected chi connectivity index (χ0v) is 11.6. The van der Waals surface area contributed by atoms with Crippen molar-refractivity contribution in [3.05, 3.63) is 0 Å². The molecular formula is C12H22N2O5. The van der Waals surface area contributed by atoms with E-state index in [9.17, 15) is 9.59 Å². The van der Waals surface area contributed by atoms with Crippen LogP contribution in [0.15, 0.2) is 0 Å². The zero-order chi connectivity index (χ0) is 14.4. The summed E-state index contributed by atoms with van der Waals surface area (Å²) in [6, 6.07) is -1.44. The minimum absolute atomic E-state index is 0.0202. The fourth-order valence-electron chi connectivity index (χ4n) is 2.00. The van der Waals surface area contributed by atoms with E-state index < -0.39 is 12.0 Å². The van der Waals surface area contributed by atoms with Gasteiger partial charge in [-0.25, -0.2) is 9.59 Å². The van der Waals surface area contributed by atoms with Gasteiger partial charge in [0.25, 0.3) is 0 Å². The van der Waals surface area contributed by atoms with Crippen molar-refractivity contribution in [1.82, 2.24) is 10.2 Å². The summed E-state index contributed by atoms with van der Waals surface area (Å²) in [5.74, 6) is -1.11. The van der Waals surface area contributed by atoms with Gasteiger partial charge in [0.1, 0.15) is 0 Å². The van der Waals surface area contributed by atoms with E-state index in [1.165, 1.54) is 7.11 Å². The molecule has 7 nitrogen and oxygen atoms in total. The van der Waals surface area contributed by atoms with E-state index in [1.54, 1.807) is 4.90 Å². The highest BCUT2D eigenvalue weighted by Crippen LogP contribution is 2.14. The molecule has 1 saturated heterocycles. The Balaban J connectivity index is 2.65. The lowest BCUT2D eigenvalue weighted by molar-refractivity contribution is -0.140. The molecule has 1 heterocycles. The summed E-state index contributed by atoms with van der Waals surface area (Å²) in [4.78, 5) is 24.8. The number of methoxy groups -OCH3 is 1. The third kappa shape index (κ3) is 4.36. The molecule has 0 aliphatic carbocycles. The summed E-state index contributed by atoms with van der Waals surface area (Å²) in [7, 11) is 1.40. The molecule has 0 bridgehead atoms. The average molecular weight is 274 g/mol. The lowest BCUT2D eigenvalue weighted by Crippen LogP contribution is -2.57. The maximum absolute atomic E-state index is 12.1. The Hall–Kier alpha value is -1.34. The number of carbonyl (C=O) groups excluding carboxylic acids is 1. The largest absolute Gasteiger partial charge is 0.480 e. The molecule has 2 N–H and O–H groups in total. The highest BCUT2D eigenvalue weighted by molar-refractivity contribution is 5.82. The Morgan fingerprint density at radius 1 is 1.58 bits per heavy atom. The number of rotatable bonds is 5.